The first kappa shape index (κ1) is 17.5. The summed E-state index contributed by atoms with van der Waals surface area (Å²) in [6.45, 7) is 1.70. The van der Waals surface area contributed by atoms with Crippen molar-refractivity contribution in [1.29, 1.82) is 0 Å². The molecule has 6 heteroatoms. The Morgan fingerprint density at radius 2 is 1.92 bits per heavy atom. The summed E-state index contributed by atoms with van der Waals surface area (Å²) in [5.74, 6) is -0.941. The van der Waals surface area contributed by atoms with Crippen molar-refractivity contribution < 1.29 is 18.7 Å². The van der Waals surface area contributed by atoms with Gasteiger partial charge in [-0.25, -0.2) is 4.39 Å². The van der Waals surface area contributed by atoms with E-state index in [4.69, 9.17) is 4.74 Å². The van der Waals surface area contributed by atoms with Crippen molar-refractivity contribution in [3.8, 4) is 0 Å². The molecule has 1 aliphatic rings. The first-order valence-electron chi connectivity index (χ1n) is 7.98. The Kier molecular flexibility index (Phi) is 5.38. The maximum Gasteiger partial charge on any atom is 0.316 e. The van der Waals surface area contributed by atoms with E-state index >= 15 is 0 Å². The third-order valence-electron chi connectivity index (χ3n) is 4.00. The monoisotopic (exact) mass is 359 g/mol. The lowest BCUT2D eigenvalue weighted by atomic mass is 10.1. The highest BCUT2D eigenvalue weighted by molar-refractivity contribution is 8.00. The number of rotatable bonds is 5. The summed E-state index contributed by atoms with van der Waals surface area (Å²) in [7, 11) is 0. The van der Waals surface area contributed by atoms with Gasteiger partial charge in [0.05, 0.1) is 5.75 Å². The molecule has 0 N–H and O–H groups in total. The molecule has 0 saturated heterocycles. The van der Waals surface area contributed by atoms with Gasteiger partial charge in [0.25, 0.3) is 5.91 Å². The number of amides is 1. The number of fused-ring (bicyclic) bond motifs is 1. The van der Waals surface area contributed by atoms with Crippen LogP contribution in [-0.4, -0.2) is 30.3 Å². The Morgan fingerprint density at radius 1 is 1.20 bits per heavy atom. The van der Waals surface area contributed by atoms with Crippen LogP contribution in [0.3, 0.4) is 0 Å². The number of thioether (sulfide) groups is 1. The van der Waals surface area contributed by atoms with E-state index < -0.39 is 5.97 Å². The summed E-state index contributed by atoms with van der Waals surface area (Å²) in [5, 5.41) is 0. The molecule has 25 heavy (non-hydrogen) atoms. The van der Waals surface area contributed by atoms with Crippen molar-refractivity contribution in [2.24, 2.45) is 0 Å². The molecule has 4 nitrogen and oxygen atoms in total. The smallest absolute Gasteiger partial charge is 0.316 e. The molecule has 1 amide bonds. The minimum Gasteiger partial charge on any atom is -0.455 e. The van der Waals surface area contributed by atoms with Gasteiger partial charge in [0, 0.05) is 16.6 Å². The number of esters is 1. The van der Waals surface area contributed by atoms with Crippen LogP contribution in [0.1, 0.15) is 12.5 Å². The Bertz CT molecular complexity index is 778. The van der Waals surface area contributed by atoms with E-state index in [2.05, 4.69) is 0 Å². The molecular formula is C19H18FNO3S. The third-order valence-corrected chi connectivity index (χ3v) is 4.99. The summed E-state index contributed by atoms with van der Waals surface area (Å²) in [5.41, 5.74) is 2.01. The number of benzene rings is 2. The molecule has 0 spiro atoms. The van der Waals surface area contributed by atoms with Gasteiger partial charge in [0.2, 0.25) is 0 Å². The zero-order valence-electron chi connectivity index (χ0n) is 13.8. The molecule has 3 rings (SSSR count). The molecule has 2 aromatic carbocycles. The van der Waals surface area contributed by atoms with Crippen LogP contribution in [0, 0.1) is 5.82 Å². The van der Waals surface area contributed by atoms with Crippen LogP contribution in [0.25, 0.3) is 0 Å². The number of hydrogen-bond donors (Lipinski definition) is 0. The van der Waals surface area contributed by atoms with E-state index in [1.165, 1.54) is 23.9 Å². The van der Waals surface area contributed by atoms with E-state index in [0.717, 1.165) is 22.6 Å². The molecule has 0 aromatic heterocycles. The fourth-order valence-electron chi connectivity index (χ4n) is 2.87. The lowest BCUT2D eigenvalue weighted by Crippen LogP contribution is -2.38. The molecule has 1 unspecified atom stereocenters. The number of anilines is 1. The molecule has 130 valence electrons. The van der Waals surface area contributed by atoms with E-state index in [-0.39, 0.29) is 30.1 Å². The molecule has 2 aromatic rings. The van der Waals surface area contributed by atoms with Gasteiger partial charge in [-0.15, -0.1) is 11.8 Å². The van der Waals surface area contributed by atoms with Crippen LogP contribution in [-0.2, 0) is 20.7 Å². The Labute approximate surface area is 150 Å². The average molecular weight is 359 g/mol. The summed E-state index contributed by atoms with van der Waals surface area (Å²) >= 11 is 1.24. The Morgan fingerprint density at radius 3 is 2.68 bits per heavy atom. The standard InChI is InChI=1S/C19H18FNO3S/c1-13-10-14-4-2-3-5-17(14)21(13)18(22)11-24-19(23)12-25-16-8-6-15(20)7-9-16/h2-9,13H,10-12H2,1H3. The van der Waals surface area contributed by atoms with Crippen molar-refractivity contribution in [3.05, 3.63) is 59.9 Å². The van der Waals surface area contributed by atoms with Crippen molar-refractivity contribution in [2.75, 3.05) is 17.3 Å². The fourth-order valence-corrected chi connectivity index (χ4v) is 3.57. The third kappa shape index (κ3) is 4.20. The predicted molar refractivity (Wildman–Crippen MR) is 95.2 cm³/mol. The van der Waals surface area contributed by atoms with Gasteiger partial charge in [-0.3, -0.25) is 9.59 Å². The molecule has 1 aliphatic heterocycles. The van der Waals surface area contributed by atoms with E-state index in [9.17, 15) is 14.0 Å². The molecule has 0 aliphatic carbocycles. The minimum atomic E-state index is -0.470. The quantitative estimate of drug-likeness (QED) is 0.606. The van der Waals surface area contributed by atoms with E-state index in [1.807, 2.05) is 31.2 Å². The second-order valence-corrected chi connectivity index (χ2v) is 6.90. The van der Waals surface area contributed by atoms with Crippen LogP contribution >= 0.6 is 11.8 Å². The van der Waals surface area contributed by atoms with E-state index in [0.29, 0.717) is 0 Å². The van der Waals surface area contributed by atoms with Gasteiger partial charge >= 0.3 is 5.97 Å². The summed E-state index contributed by atoms with van der Waals surface area (Å²) in [4.78, 5) is 26.7. The van der Waals surface area contributed by atoms with Crippen LogP contribution in [0.5, 0.6) is 0 Å². The van der Waals surface area contributed by atoms with Gasteiger partial charge in [0.15, 0.2) is 6.61 Å². The van der Waals surface area contributed by atoms with Crippen molar-refractivity contribution >= 4 is 29.3 Å². The predicted octanol–water partition coefficient (Wildman–Crippen LogP) is 3.44. The highest BCUT2D eigenvalue weighted by Gasteiger charge is 2.30. The minimum absolute atomic E-state index is 0.0530. The second-order valence-electron chi connectivity index (χ2n) is 5.85. The second kappa shape index (κ2) is 7.70. The zero-order chi connectivity index (χ0) is 17.8. The van der Waals surface area contributed by atoms with Gasteiger partial charge in [-0.05, 0) is 49.2 Å². The van der Waals surface area contributed by atoms with Gasteiger partial charge in [-0.2, -0.15) is 0 Å². The molecule has 1 heterocycles. The van der Waals surface area contributed by atoms with Gasteiger partial charge in [0.1, 0.15) is 5.82 Å². The van der Waals surface area contributed by atoms with Crippen molar-refractivity contribution in [1.82, 2.24) is 0 Å². The summed E-state index contributed by atoms with van der Waals surface area (Å²) in [6, 6.07) is 13.7. The normalized spacial score (nSPS) is 15.8. The van der Waals surface area contributed by atoms with Gasteiger partial charge in [-0.1, -0.05) is 18.2 Å². The Hall–Kier alpha value is -2.34. The highest BCUT2D eigenvalue weighted by Crippen LogP contribution is 2.31. The van der Waals surface area contributed by atoms with Crippen LogP contribution in [0.4, 0.5) is 10.1 Å². The lowest BCUT2D eigenvalue weighted by Gasteiger charge is -2.22. The van der Waals surface area contributed by atoms with E-state index in [1.54, 1.807) is 17.0 Å². The topological polar surface area (TPSA) is 46.6 Å². The SMILES string of the molecule is CC1Cc2ccccc2N1C(=O)COC(=O)CSc1ccc(F)cc1. The number of carbonyl (C=O) groups excluding carboxylic acids is 2. The molecule has 0 fully saturated rings. The maximum absolute atomic E-state index is 12.8. The molecular weight excluding hydrogens is 341 g/mol. The number of carbonyl (C=O) groups is 2. The number of para-hydroxylation sites is 1. The fraction of sp³-hybridized carbons (Fsp3) is 0.263. The number of halogens is 1. The molecule has 0 bridgehead atoms. The van der Waals surface area contributed by atoms with Crippen molar-refractivity contribution in [2.45, 2.75) is 24.3 Å². The molecule has 1 atom stereocenters. The summed E-state index contributed by atoms with van der Waals surface area (Å²) < 4.78 is 17.9. The maximum atomic E-state index is 12.8. The number of nitrogens with zero attached hydrogens (tertiary/aromatic N) is 1. The molecule has 0 saturated carbocycles. The van der Waals surface area contributed by atoms with Crippen molar-refractivity contribution in [3.63, 3.8) is 0 Å². The first-order valence-corrected chi connectivity index (χ1v) is 8.97. The molecule has 0 radical (unpaired) electrons. The first-order chi connectivity index (χ1) is 12.0. The zero-order valence-corrected chi connectivity index (χ0v) is 14.6. The average Bonchev–Trinajstić information content (AvgIpc) is 2.95. The van der Waals surface area contributed by atoms with Crippen LogP contribution in [0.2, 0.25) is 0 Å². The number of hydrogen-bond acceptors (Lipinski definition) is 4. The lowest BCUT2D eigenvalue weighted by molar-refractivity contribution is -0.145. The summed E-state index contributed by atoms with van der Waals surface area (Å²) in [6.07, 6.45) is 0.802. The van der Waals surface area contributed by atoms with Crippen LogP contribution < -0.4 is 4.90 Å². The Balaban J connectivity index is 1.50. The number of ether oxygens (including phenoxy) is 1. The highest BCUT2D eigenvalue weighted by atomic mass is 32.2. The van der Waals surface area contributed by atoms with Crippen LogP contribution in [0.15, 0.2) is 53.4 Å². The largest absolute Gasteiger partial charge is 0.455 e. The van der Waals surface area contributed by atoms with Gasteiger partial charge < -0.3 is 9.64 Å².